The maximum atomic E-state index is 5.93. The topological polar surface area (TPSA) is 29.0 Å². The highest BCUT2D eigenvalue weighted by atomic mass is 127. The third kappa shape index (κ3) is 3.44. The molecule has 1 aromatic heterocycles. The lowest BCUT2D eigenvalue weighted by Gasteiger charge is -2.35. The molecule has 1 aliphatic carbocycles. The molecule has 1 aliphatic rings. The van der Waals surface area contributed by atoms with E-state index in [1.54, 1.807) is 6.33 Å². The molecule has 0 atom stereocenters. The van der Waals surface area contributed by atoms with Gasteiger partial charge in [-0.05, 0) is 35.4 Å². The second-order valence-electron chi connectivity index (χ2n) is 4.37. The molecule has 0 aliphatic heterocycles. The van der Waals surface area contributed by atoms with Gasteiger partial charge in [-0.3, -0.25) is 0 Å². The molecule has 3 nitrogen and oxygen atoms in total. The van der Waals surface area contributed by atoms with Gasteiger partial charge in [0.25, 0.3) is 0 Å². The first-order valence-electron chi connectivity index (χ1n) is 6.11. The molecule has 17 heavy (non-hydrogen) atoms. The Morgan fingerprint density at radius 2 is 2.12 bits per heavy atom. The van der Waals surface area contributed by atoms with E-state index < -0.39 is 0 Å². The van der Waals surface area contributed by atoms with E-state index in [4.69, 9.17) is 11.6 Å². The minimum atomic E-state index is 0.603. The zero-order valence-electron chi connectivity index (χ0n) is 9.78. The van der Waals surface area contributed by atoms with Gasteiger partial charge in [0, 0.05) is 24.7 Å². The zero-order valence-corrected chi connectivity index (χ0v) is 12.7. The van der Waals surface area contributed by atoms with Crippen molar-refractivity contribution in [2.24, 2.45) is 0 Å². The van der Waals surface area contributed by atoms with Gasteiger partial charge in [0.1, 0.15) is 12.1 Å². The largest absolute Gasteiger partial charge is 0.351 e. The Kier molecular flexibility index (Phi) is 5.28. The zero-order chi connectivity index (χ0) is 12.1. The monoisotopic (exact) mass is 365 g/mol. The van der Waals surface area contributed by atoms with Gasteiger partial charge in [0.15, 0.2) is 0 Å². The molecule has 1 aromatic rings. The van der Waals surface area contributed by atoms with E-state index in [2.05, 4.69) is 37.5 Å². The third-order valence-electron chi connectivity index (χ3n) is 3.26. The molecule has 0 N–H and O–H groups in total. The van der Waals surface area contributed by atoms with Crippen LogP contribution in [0.3, 0.4) is 0 Å². The normalized spacial score (nSPS) is 17.1. The van der Waals surface area contributed by atoms with Crippen LogP contribution < -0.4 is 4.90 Å². The maximum Gasteiger partial charge on any atom is 0.145 e. The molecule has 0 spiro atoms. The van der Waals surface area contributed by atoms with Gasteiger partial charge < -0.3 is 4.90 Å². The van der Waals surface area contributed by atoms with Crippen LogP contribution in [-0.4, -0.2) is 28.4 Å². The SMILES string of the molecule is ClCCN(c1ncncc1I)C1CCCCC1. The highest BCUT2D eigenvalue weighted by Gasteiger charge is 2.23. The van der Waals surface area contributed by atoms with E-state index >= 15 is 0 Å². The summed E-state index contributed by atoms with van der Waals surface area (Å²) in [5.41, 5.74) is 0. The van der Waals surface area contributed by atoms with E-state index in [-0.39, 0.29) is 0 Å². The average Bonchev–Trinajstić information content (AvgIpc) is 2.38. The lowest BCUT2D eigenvalue weighted by Crippen LogP contribution is -2.39. The highest BCUT2D eigenvalue weighted by Crippen LogP contribution is 2.28. The van der Waals surface area contributed by atoms with E-state index in [1.807, 2.05) is 6.20 Å². The first kappa shape index (κ1) is 13.3. The van der Waals surface area contributed by atoms with Gasteiger partial charge in [0.2, 0.25) is 0 Å². The summed E-state index contributed by atoms with van der Waals surface area (Å²) in [6, 6.07) is 0.603. The Morgan fingerprint density at radius 1 is 1.35 bits per heavy atom. The van der Waals surface area contributed by atoms with Crippen molar-refractivity contribution in [2.45, 2.75) is 38.1 Å². The van der Waals surface area contributed by atoms with E-state index in [1.165, 1.54) is 32.1 Å². The fraction of sp³-hybridized carbons (Fsp3) is 0.667. The minimum Gasteiger partial charge on any atom is -0.351 e. The van der Waals surface area contributed by atoms with Crippen LogP contribution in [0, 0.1) is 3.57 Å². The predicted octanol–water partition coefficient (Wildman–Crippen LogP) is 3.46. The van der Waals surface area contributed by atoms with Crippen molar-refractivity contribution in [1.82, 2.24) is 9.97 Å². The molecule has 2 rings (SSSR count). The van der Waals surface area contributed by atoms with Crippen LogP contribution >= 0.6 is 34.2 Å². The summed E-state index contributed by atoms with van der Waals surface area (Å²) in [6.45, 7) is 0.874. The second kappa shape index (κ2) is 6.73. The van der Waals surface area contributed by atoms with Crippen LogP contribution in [0.1, 0.15) is 32.1 Å². The van der Waals surface area contributed by atoms with Crippen LogP contribution in [0.4, 0.5) is 5.82 Å². The summed E-state index contributed by atoms with van der Waals surface area (Å²) < 4.78 is 1.11. The smallest absolute Gasteiger partial charge is 0.145 e. The Labute approximate surface area is 121 Å². The molecule has 0 aromatic carbocycles. The second-order valence-corrected chi connectivity index (χ2v) is 5.91. The fourth-order valence-corrected chi connectivity index (χ4v) is 3.25. The first-order valence-corrected chi connectivity index (χ1v) is 7.72. The Hall–Kier alpha value is -0.100. The number of halogens is 2. The van der Waals surface area contributed by atoms with Gasteiger partial charge in [-0.15, -0.1) is 11.6 Å². The van der Waals surface area contributed by atoms with Crippen molar-refractivity contribution in [3.8, 4) is 0 Å². The van der Waals surface area contributed by atoms with Crippen LogP contribution in [0.5, 0.6) is 0 Å². The predicted molar refractivity (Wildman–Crippen MR) is 79.7 cm³/mol. The molecule has 0 bridgehead atoms. The van der Waals surface area contributed by atoms with Gasteiger partial charge >= 0.3 is 0 Å². The van der Waals surface area contributed by atoms with Crippen LogP contribution in [-0.2, 0) is 0 Å². The van der Waals surface area contributed by atoms with E-state index in [0.29, 0.717) is 11.9 Å². The minimum absolute atomic E-state index is 0.603. The number of hydrogen-bond acceptors (Lipinski definition) is 3. The molecule has 0 saturated heterocycles. The Balaban J connectivity index is 2.18. The van der Waals surface area contributed by atoms with Crippen molar-refractivity contribution in [3.63, 3.8) is 0 Å². The van der Waals surface area contributed by atoms with Crippen molar-refractivity contribution in [2.75, 3.05) is 17.3 Å². The highest BCUT2D eigenvalue weighted by molar-refractivity contribution is 14.1. The maximum absolute atomic E-state index is 5.93. The molecule has 94 valence electrons. The summed E-state index contributed by atoms with van der Waals surface area (Å²) in [6.07, 6.45) is 10.0. The molecular weight excluding hydrogens is 349 g/mol. The first-order chi connectivity index (χ1) is 8.33. The van der Waals surface area contributed by atoms with Crippen molar-refractivity contribution in [3.05, 3.63) is 16.1 Å². The van der Waals surface area contributed by atoms with E-state index in [0.717, 1.165) is 15.9 Å². The fourth-order valence-electron chi connectivity index (χ4n) is 2.46. The summed E-state index contributed by atoms with van der Waals surface area (Å²) in [5, 5.41) is 0. The third-order valence-corrected chi connectivity index (χ3v) is 4.19. The van der Waals surface area contributed by atoms with Crippen LogP contribution in [0.2, 0.25) is 0 Å². The van der Waals surface area contributed by atoms with Crippen molar-refractivity contribution in [1.29, 1.82) is 0 Å². The quantitative estimate of drug-likeness (QED) is 0.604. The Morgan fingerprint density at radius 3 is 2.76 bits per heavy atom. The molecule has 0 radical (unpaired) electrons. The van der Waals surface area contributed by atoms with Gasteiger partial charge in [-0.25, -0.2) is 9.97 Å². The van der Waals surface area contributed by atoms with Crippen molar-refractivity contribution < 1.29 is 0 Å². The average molecular weight is 366 g/mol. The molecule has 0 unspecified atom stereocenters. The number of rotatable bonds is 4. The number of hydrogen-bond donors (Lipinski definition) is 0. The lowest BCUT2D eigenvalue weighted by atomic mass is 9.94. The number of nitrogens with zero attached hydrogens (tertiary/aromatic N) is 3. The standard InChI is InChI=1S/C12H17ClIN3/c13-6-7-17(10-4-2-1-3-5-10)12-11(14)8-15-9-16-12/h8-10H,1-7H2. The molecule has 5 heteroatoms. The van der Waals surface area contributed by atoms with Gasteiger partial charge in [-0.1, -0.05) is 19.3 Å². The van der Waals surface area contributed by atoms with E-state index in [9.17, 15) is 0 Å². The summed E-state index contributed by atoms with van der Waals surface area (Å²) in [4.78, 5) is 10.8. The molecule has 1 heterocycles. The van der Waals surface area contributed by atoms with Crippen LogP contribution in [0.15, 0.2) is 12.5 Å². The molecule has 1 saturated carbocycles. The summed E-state index contributed by atoms with van der Waals surface area (Å²) in [5.74, 6) is 1.70. The molecule has 0 amide bonds. The van der Waals surface area contributed by atoms with Crippen LogP contribution in [0.25, 0.3) is 0 Å². The molecular formula is C12H17ClIN3. The van der Waals surface area contributed by atoms with Crippen molar-refractivity contribution >= 4 is 40.0 Å². The number of alkyl halides is 1. The Bertz CT molecular complexity index is 355. The summed E-state index contributed by atoms with van der Waals surface area (Å²) >= 11 is 8.23. The molecule has 1 fully saturated rings. The van der Waals surface area contributed by atoms with Gasteiger partial charge in [-0.2, -0.15) is 0 Å². The lowest BCUT2D eigenvalue weighted by molar-refractivity contribution is 0.416. The summed E-state index contributed by atoms with van der Waals surface area (Å²) in [7, 11) is 0. The van der Waals surface area contributed by atoms with Gasteiger partial charge in [0.05, 0.1) is 3.57 Å². The number of aromatic nitrogens is 2. The number of anilines is 1.